The van der Waals surface area contributed by atoms with Crippen molar-refractivity contribution in [2.24, 2.45) is 0 Å². The fraction of sp³-hybridized carbons (Fsp3) is 0.222. The predicted molar refractivity (Wildman–Crippen MR) is 111 cm³/mol. The van der Waals surface area contributed by atoms with Gasteiger partial charge >= 0.3 is 0 Å². The highest BCUT2D eigenvalue weighted by Crippen LogP contribution is 2.32. The van der Waals surface area contributed by atoms with Gasteiger partial charge in [0, 0.05) is 15.5 Å². The van der Waals surface area contributed by atoms with Crippen LogP contribution in [0.4, 0.5) is 5.69 Å². The lowest BCUT2D eigenvalue weighted by molar-refractivity contribution is -0.113. The van der Waals surface area contributed by atoms with Gasteiger partial charge in [0.2, 0.25) is 5.91 Å². The van der Waals surface area contributed by atoms with E-state index >= 15 is 0 Å². The van der Waals surface area contributed by atoms with Crippen molar-refractivity contribution in [3.05, 3.63) is 50.9 Å². The summed E-state index contributed by atoms with van der Waals surface area (Å²) >= 11 is 8.45. The number of rotatable bonds is 5. The first-order valence-electron chi connectivity index (χ1n) is 7.83. The minimum absolute atomic E-state index is 0.0648. The maximum absolute atomic E-state index is 12.4. The molecule has 0 atom stereocenters. The second-order valence-electron chi connectivity index (χ2n) is 5.57. The zero-order valence-electron chi connectivity index (χ0n) is 13.8. The lowest BCUT2D eigenvalue weighted by Gasteiger charge is -2.11. The molecule has 0 spiro atoms. The summed E-state index contributed by atoms with van der Waals surface area (Å²) in [6, 6.07) is 12.0. The molecule has 0 fully saturated rings. The van der Waals surface area contributed by atoms with Gasteiger partial charge in [0.05, 0.1) is 22.5 Å². The zero-order chi connectivity index (χ0) is 18.0. The molecule has 0 aliphatic heterocycles. The molecule has 0 radical (unpaired) electrons. The van der Waals surface area contributed by atoms with E-state index in [2.05, 4.69) is 59.7 Å². The van der Waals surface area contributed by atoms with Crippen molar-refractivity contribution in [2.45, 2.75) is 25.5 Å². The molecule has 7 heteroatoms. The monoisotopic (exact) mass is 481 g/mol. The molecule has 0 saturated heterocycles. The minimum Gasteiger partial charge on any atom is -0.323 e. The van der Waals surface area contributed by atoms with E-state index in [1.54, 1.807) is 0 Å². The minimum atomic E-state index is -0.0648. The molecule has 3 aromatic rings. The van der Waals surface area contributed by atoms with Gasteiger partial charge in [-0.15, -0.1) is 0 Å². The number of aryl methyl sites for hydroxylation is 2. The van der Waals surface area contributed by atoms with E-state index in [0.29, 0.717) is 5.75 Å². The Balaban J connectivity index is 1.73. The van der Waals surface area contributed by atoms with E-state index in [4.69, 9.17) is 0 Å². The molecule has 0 bridgehead atoms. The number of nitrogens with zero attached hydrogens (tertiary/aromatic N) is 2. The summed E-state index contributed by atoms with van der Waals surface area (Å²) < 4.78 is 3.85. The fourth-order valence-corrected chi connectivity index (χ4v) is 5.09. The van der Waals surface area contributed by atoms with Gasteiger partial charge in [-0.2, -0.15) is 0 Å². The van der Waals surface area contributed by atoms with E-state index in [1.165, 1.54) is 11.8 Å². The maximum Gasteiger partial charge on any atom is 0.234 e. The predicted octanol–water partition coefficient (Wildman–Crippen LogP) is 5.62. The summed E-state index contributed by atoms with van der Waals surface area (Å²) in [6.07, 6.45) is 0. The topological polar surface area (TPSA) is 46.9 Å². The average Bonchev–Trinajstić information content (AvgIpc) is 2.93. The Morgan fingerprint density at radius 2 is 1.92 bits per heavy atom. The molecule has 1 N–H and O–H groups in total. The molecular weight excluding hydrogens is 466 g/mol. The fourth-order valence-electron chi connectivity index (χ4n) is 2.59. The largest absolute Gasteiger partial charge is 0.323 e. The van der Waals surface area contributed by atoms with Crippen LogP contribution in [-0.2, 0) is 11.3 Å². The van der Waals surface area contributed by atoms with Gasteiger partial charge in [0.15, 0.2) is 5.16 Å². The van der Waals surface area contributed by atoms with E-state index < -0.39 is 0 Å². The number of nitrogens with one attached hydrogen (secondary N) is 1. The summed E-state index contributed by atoms with van der Waals surface area (Å²) in [5.41, 5.74) is 3.91. The van der Waals surface area contributed by atoms with E-state index in [1.807, 2.05) is 37.3 Å². The van der Waals surface area contributed by atoms with Gasteiger partial charge in [0.25, 0.3) is 0 Å². The molecule has 0 unspecified atom stereocenters. The summed E-state index contributed by atoms with van der Waals surface area (Å²) in [6.45, 7) is 4.91. The number of halogens is 2. The van der Waals surface area contributed by atoms with Crippen LogP contribution in [0.15, 0.2) is 50.5 Å². The Morgan fingerprint density at radius 1 is 1.24 bits per heavy atom. The molecule has 1 amide bonds. The number of thioether (sulfide) groups is 1. The number of aromatic nitrogens is 2. The maximum atomic E-state index is 12.4. The van der Waals surface area contributed by atoms with E-state index in [-0.39, 0.29) is 5.91 Å². The van der Waals surface area contributed by atoms with Crippen LogP contribution in [0.2, 0.25) is 0 Å². The molecular formula is C18H17Br2N3OS. The number of amides is 1. The van der Waals surface area contributed by atoms with E-state index in [9.17, 15) is 4.79 Å². The summed E-state index contributed by atoms with van der Waals surface area (Å²) in [7, 11) is 0. The number of carbonyl (C=O) groups is 1. The van der Waals surface area contributed by atoms with Crippen LogP contribution in [-0.4, -0.2) is 21.2 Å². The Labute approximate surface area is 167 Å². The van der Waals surface area contributed by atoms with Crippen molar-refractivity contribution in [1.82, 2.24) is 9.55 Å². The normalized spacial score (nSPS) is 11.0. The molecule has 130 valence electrons. The Kier molecular flexibility index (Phi) is 5.86. The van der Waals surface area contributed by atoms with Gasteiger partial charge in [0.1, 0.15) is 0 Å². The van der Waals surface area contributed by atoms with Crippen LogP contribution in [0.25, 0.3) is 11.0 Å². The number of hydrogen-bond acceptors (Lipinski definition) is 3. The molecule has 25 heavy (non-hydrogen) atoms. The summed E-state index contributed by atoms with van der Waals surface area (Å²) in [5.74, 6) is 0.237. The quantitative estimate of drug-likeness (QED) is 0.480. The van der Waals surface area contributed by atoms with Gasteiger partial charge in [-0.3, -0.25) is 4.79 Å². The standard InChI is InChI=1S/C18H17Br2N3OS/c1-3-23-15-7-5-4-6-14(15)21-18(23)25-10-16(24)22-17-12(19)8-11(2)9-13(17)20/h4-9H,3,10H2,1-2H3,(H,22,24). The Morgan fingerprint density at radius 3 is 2.60 bits per heavy atom. The van der Waals surface area contributed by atoms with Crippen LogP contribution in [0, 0.1) is 6.92 Å². The number of hydrogen-bond donors (Lipinski definition) is 1. The molecule has 2 aromatic carbocycles. The van der Waals surface area contributed by atoms with Gasteiger partial charge < -0.3 is 9.88 Å². The first kappa shape index (κ1) is 18.5. The third kappa shape index (κ3) is 4.10. The van der Waals surface area contributed by atoms with Crippen molar-refractivity contribution >= 4 is 66.2 Å². The summed E-state index contributed by atoms with van der Waals surface area (Å²) in [4.78, 5) is 17.0. The Bertz CT molecular complexity index is 916. The van der Waals surface area contributed by atoms with Crippen LogP contribution in [0.3, 0.4) is 0 Å². The third-order valence-corrected chi connectivity index (χ3v) is 5.95. The van der Waals surface area contributed by atoms with Crippen LogP contribution < -0.4 is 5.32 Å². The van der Waals surface area contributed by atoms with Gasteiger partial charge in [-0.1, -0.05) is 23.9 Å². The second-order valence-corrected chi connectivity index (χ2v) is 8.22. The number of carbonyl (C=O) groups excluding carboxylic acids is 1. The smallest absolute Gasteiger partial charge is 0.234 e. The SMILES string of the molecule is CCn1c(SCC(=O)Nc2c(Br)cc(C)cc2Br)nc2ccccc21. The lowest BCUT2D eigenvalue weighted by atomic mass is 10.2. The van der Waals surface area contributed by atoms with Crippen molar-refractivity contribution in [2.75, 3.05) is 11.1 Å². The molecule has 4 nitrogen and oxygen atoms in total. The highest BCUT2D eigenvalue weighted by molar-refractivity contribution is 9.11. The number of anilines is 1. The first-order chi connectivity index (χ1) is 12.0. The number of imidazole rings is 1. The first-order valence-corrected chi connectivity index (χ1v) is 10.4. The van der Waals surface area contributed by atoms with E-state index in [0.717, 1.165) is 42.9 Å². The van der Waals surface area contributed by atoms with Gasteiger partial charge in [-0.05, 0) is 75.5 Å². The molecule has 1 heterocycles. The second kappa shape index (κ2) is 7.93. The van der Waals surface area contributed by atoms with Crippen LogP contribution in [0.5, 0.6) is 0 Å². The number of fused-ring (bicyclic) bond motifs is 1. The Hall–Kier alpha value is -1.31. The third-order valence-electron chi connectivity index (χ3n) is 3.72. The van der Waals surface area contributed by atoms with Crippen molar-refractivity contribution in [1.29, 1.82) is 0 Å². The molecule has 3 rings (SSSR count). The number of benzene rings is 2. The van der Waals surface area contributed by atoms with Crippen LogP contribution in [0.1, 0.15) is 12.5 Å². The average molecular weight is 483 g/mol. The highest BCUT2D eigenvalue weighted by atomic mass is 79.9. The summed E-state index contributed by atoms with van der Waals surface area (Å²) in [5, 5.41) is 3.82. The molecule has 0 aliphatic carbocycles. The number of para-hydroxylation sites is 2. The van der Waals surface area contributed by atoms with Crippen LogP contribution >= 0.6 is 43.6 Å². The van der Waals surface area contributed by atoms with Gasteiger partial charge in [-0.25, -0.2) is 4.98 Å². The molecule has 0 aliphatic rings. The van der Waals surface area contributed by atoms with Crippen molar-refractivity contribution in [3.63, 3.8) is 0 Å². The zero-order valence-corrected chi connectivity index (χ0v) is 17.8. The molecule has 1 aromatic heterocycles. The van der Waals surface area contributed by atoms with Crippen molar-refractivity contribution in [3.8, 4) is 0 Å². The molecule has 0 saturated carbocycles. The van der Waals surface area contributed by atoms with Crippen molar-refractivity contribution < 1.29 is 4.79 Å². The lowest BCUT2D eigenvalue weighted by Crippen LogP contribution is -2.15. The highest BCUT2D eigenvalue weighted by Gasteiger charge is 2.14.